The Morgan fingerprint density at radius 2 is 1.55 bits per heavy atom. The van der Waals surface area contributed by atoms with Crippen molar-refractivity contribution >= 4 is 64.3 Å². The lowest BCUT2D eigenvalue weighted by Gasteiger charge is -2.16. The predicted octanol–water partition coefficient (Wildman–Crippen LogP) is 7.60. The van der Waals surface area contributed by atoms with Gasteiger partial charge in [-0.1, -0.05) is 48.9 Å². The van der Waals surface area contributed by atoms with Crippen LogP contribution in [0.1, 0.15) is 46.5 Å². The van der Waals surface area contributed by atoms with Crippen molar-refractivity contribution in [3.05, 3.63) is 130 Å². The summed E-state index contributed by atoms with van der Waals surface area (Å²) in [6, 6.07) is 26.0. The normalized spacial score (nSPS) is 11.8. The van der Waals surface area contributed by atoms with Crippen LogP contribution in [-0.4, -0.2) is 28.8 Å². The molecule has 0 saturated heterocycles. The molecule has 0 saturated carbocycles. The number of benzene rings is 4. The van der Waals surface area contributed by atoms with Gasteiger partial charge in [-0.25, -0.2) is 4.39 Å². The maximum atomic E-state index is 14.6. The van der Waals surface area contributed by atoms with Gasteiger partial charge in [-0.15, -0.1) is 11.8 Å². The molecule has 44 heavy (non-hydrogen) atoms. The number of rotatable bonds is 11. The minimum absolute atomic E-state index is 0.0512. The number of hydrogen-bond acceptors (Lipinski definition) is 5. The first kappa shape index (κ1) is 32.2. The number of Topliss-reactive ketones (excluding diaryl/α,β-unsaturated/α-hetero) is 1. The predicted molar refractivity (Wildman–Crippen MR) is 173 cm³/mol. The van der Waals surface area contributed by atoms with E-state index in [0.717, 1.165) is 0 Å². The molecule has 0 aliphatic carbocycles. The lowest BCUT2D eigenvalue weighted by Crippen LogP contribution is -2.30. The third-order valence-electron chi connectivity index (χ3n) is 6.41. The molecule has 0 aliphatic heterocycles. The summed E-state index contributed by atoms with van der Waals surface area (Å²) < 4.78 is 14.6. The van der Waals surface area contributed by atoms with E-state index in [4.69, 9.17) is 11.6 Å². The van der Waals surface area contributed by atoms with Crippen LogP contribution in [-0.2, 0) is 9.59 Å². The maximum Gasteiger partial charge on any atom is 0.272 e. The van der Waals surface area contributed by atoms with Crippen LogP contribution in [0.4, 0.5) is 15.8 Å². The van der Waals surface area contributed by atoms with Crippen LogP contribution in [0.2, 0.25) is 5.02 Å². The topological polar surface area (TPSA) is 104 Å². The number of halogens is 2. The molecule has 0 bridgehead atoms. The van der Waals surface area contributed by atoms with Crippen molar-refractivity contribution in [2.45, 2.75) is 30.4 Å². The molecule has 224 valence electrons. The second-order valence-corrected chi connectivity index (χ2v) is 11.3. The van der Waals surface area contributed by atoms with Gasteiger partial charge in [-0.3, -0.25) is 19.2 Å². The summed E-state index contributed by atoms with van der Waals surface area (Å²) in [7, 11) is 0. The van der Waals surface area contributed by atoms with Gasteiger partial charge >= 0.3 is 0 Å². The lowest BCUT2D eigenvalue weighted by molar-refractivity contribution is -0.116. The number of amides is 3. The largest absolute Gasteiger partial charge is 0.325 e. The molecule has 0 aliphatic rings. The van der Waals surface area contributed by atoms with E-state index in [9.17, 15) is 23.6 Å². The zero-order valence-electron chi connectivity index (χ0n) is 23.9. The lowest BCUT2D eigenvalue weighted by atomic mass is 10.1. The molecule has 3 N–H and O–H groups in total. The van der Waals surface area contributed by atoms with E-state index in [-0.39, 0.29) is 28.0 Å². The first-order valence-corrected chi connectivity index (χ1v) is 14.9. The Labute approximate surface area is 263 Å². The fourth-order valence-corrected chi connectivity index (χ4v) is 5.31. The highest BCUT2D eigenvalue weighted by Crippen LogP contribution is 2.29. The monoisotopic (exact) mass is 629 g/mol. The van der Waals surface area contributed by atoms with E-state index in [0.29, 0.717) is 33.8 Å². The van der Waals surface area contributed by atoms with E-state index in [1.54, 1.807) is 72.8 Å². The summed E-state index contributed by atoms with van der Waals surface area (Å²) in [5.41, 5.74) is 1.57. The highest BCUT2D eigenvalue weighted by Gasteiger charge is 2.20. The zero-order valence-corrected chi connectivity index (χ0v) is 25.5. The van der Waals surface area contributed by atoms with Crippen LogP contribution in [0.15, 0.2) is 108 Å². The molecule has 4 aromatic carbocycles. The minimum atomic E-state index is -0.699. The molecule has 4 aromatic rings. The van der Waals surface area contributed by atoms with Crippen LogP contribution in [0.5, 0.6) is 0 Å². The number of nitrogens with one attached hydrogen (secondary N) is 3. The van der Waals surface area contributed by atoms with Gasteiger partial charge in [0.2, 0.25) is 5.91 Å². The maximum absolute atomic E-state index is 14.6. The smallest absolute Gasteiger partial charge is 0.272 e. The van der Waals surface area contributed by atoms with Crippen LogP contribution in [0.3, 0.4) is 0 Å². The Morgan fingerprint density at radius 3 is 2.20 bits per heavy atom. The first-order chi connectivity index (χ1) is 21.1. The molecule has 0 spiro atoms. The molecule has 4 rings (SSSR count). The molecular formula is C34H29ClFN3O4S. The van der Waals surface area contributed by atoms with Crippen LogP contribution < -0.4 is 16.0 Å². The van der Waals surface area contributed by atoms with Gasteiger partial charge in [0.25, 0.3) is 11.8 Å². The molecule has 1 unspecified atom stereocenters. The second kappa shape index (κ2) is 15.1. The molecule has 10 heteroatoms. The molecule has 7 nitrogen and oxygen atoms in total. The van der Waals surface area contributed by atoms with Crippen LogP contribution >= 0.6 is 23.4 Å². The molecule has 0 aromatic heterocycles. The van der Waals surface area contributed by atoms with Crippen molar-refractivity contribution in [3.63, 3.8) is 0 Å². The third-order valence-corrected chi connectivity index (χ3v) is 8.10. The van der Waals surface area contributed by atoms with Crippen molar-refractivity contribution in [2.24, 2.45) is 0 Å². The van der Waals surface area contributed by atoms with Crippen molar-refractivity contribution < 1.29 is 23.6 Å². The van der Waals surface area contributed by atoms with E-state index in [1.807, 2.05) is 13.0 Å². The summed E-state index contributed by atoms with van der Waals surface area (Å²) in [6.07, 6.45) is 1.72. The number of thioether (sulfide) groups is 1. The summed E-state index contributed by atoms with van der Waals surface area (Å²) in [4.78, 5) is 51.6. The number of ketones is 1. The van der Waals surface area contributed by atoms with E-state index in [1.165, 1.54) is 43.0 Å². The van der Waals surface area contributed by atoms with Gasteiger partial charge in [0, 0.05) is 33.0 Å². The summed E-state index contributed by atoms with van der Waals surface area (Å²) in [5.74, 6) is -2.19. The highest BCUT2D eigenvalue weighted by molar-refractivity contribution is 8.00. The standard InChI is InChI=1S/C34H29ClFN3O4S/c1-3-31(34(43)37-24-17-15-22(16-18-24)21(2)40)44-26-12-7-11-25(19-26)38-33(42)30(20-27-28(35)13-8-14-29(27)36)39-32(41)23-9-5-4-6-10-23/h4-20,31H,3H2,1-2H3,(H,37,43)(H,38,42)(H,39,41)/b30-20+. The van der Waals surface area contributed by atoms with Gasteiger partial charge in [-0.05, 0) is 86.2 Å². The highest BCUT2D eigenvalue weighted by atomic mass is 35.5. The van der Waals surface area contributed by atoms with Gasteiger partial charge < -0.3 is 16.0 Å². The van der Waals surface area contributed by atoms with E-state index in [2.05, 4.69) is 16.0 Å². The Balaban J connectivity index is 1.51. The number of carbonyl (C=O) groups excluding carboxylic acids is 4. The van der Waals surface area contributed by atoms with Crippen molar-refractivity contribution in [1.82, 2.24) is 5.32 Å². The fraction of sp³-hybridized carbons (Fsp3) is 0.118. The molecule has 0 radical (unpaired) electrons. The first-order valence-electron chi connectivity index (χ1n) is 13.7. The second-order valence-electron chi connectivity index (χ2n) is 9.63. The van der Waals surface area contributed by atoms with Gasteiger partial charge in [0.05, 0.1) is 10.3 Å². The average molecular weight is 630 g/mol. The van der Waals surface area contributed by atoms with Crippen LogP contribution in [0, 0.1) is 5.82 Å². The molecule has 1 atom stereocenters. The summed E-state index contributed by atoms with van der Waals surface area (Å²) in [5, 5.41) is 7.81. The number of carbonyl (C=O) groups is 4. The molecular weight excluding hydrogens is 601 g/mol. The fourth-order valence-electron chi connectivity index (χ4n) is 4.08. The molecule has 3 amide bonds. The number of hydrogen-bond donors (Lipinski definition) is 3. The quantitative estimate of drug-likeness (QED) is 0.0900. The molecule has 0 fully saturated rings. The van der Waals surface area contributed by atoms with Crippen molar-refractivity contribution in [2.75, 3.05) is 10.6 Å². The number of anilines is 2. The Bertz CT molecular complexity index is 1690. The Kier molecular flexibility index (Phi) is 11.1. The minimum Gasteiger partial charge on any atom is -0.325 e. The summed E-state index contributed by atoms with van der Waals surface area (Å²) >= 11 is 7.51. The van der Waals surface area contributed by atoms with Gasteiger partial charge in [-0.2, -0.15) is 0 Å². The SMILES string of the molecule is CCC(Sc1cccc(NC(=O)/C(=C\c2c(F)cccc2Cl)NC(=O)c2ccccc2)c1)C(=O)Nc1ccc(C(C)=O)cc1. The van der Waals surface area contributed by atoms with Crippen LogP contribution in [0.25, 0.3) is 6.08 Å². The summed E-state index contributed by atoms with van der Waals surface area (Å²) in [6.45, 7) is 3.37. The zero-order chi connectivity index (χ0) is 31.6. The van der Waals surface area contributed by atoms with Crippen molar-refractivity contribution in [3.8, 4) is 0 Å². The average Bonchev–Trinajstić information content (AvgIpc) is 3.01. The van der Waals surface area contributed by atoms with E-state index >= 15 is 0 Å². The Hall–Kier alpha value is -4.73. The van der Waals surface area contributed by atoms with Crippen molar-refractivity contribution in [1.29, 1.82) is 0 Å². The van der Waals surface area contributed by atoms with E-state index < -0.39 is 22.9 Å². The third kappa shape index (κ3) is 8.65. The molecule has 0 heterocycles. The van der Waals surface area contributed by atoms with Gasteiger partial charge in [0.1, 0.15) is 11.5 Å². The Morgan fingerprint density at radius 1 is 0.841 bits per heavy atom. The van der Waals surface area contributed by atoms with Gasteiger partial charge in [0.15, 0.2) is 5.78 Å².